The van der Waals surface area contributed by atoms with Crippen LogP contribution in [0.15, 0.2) is 30.3 Å². The largest absolute Gasteiger partial charge is 0.497 e. The number of aryl methyl sites for hydroxylation is 1. The highest BCUT2D eigenvalue weighted by molar-refractivity contribution is 5.57. The molecule has 2 aromatic carbocycles. The van der Waals surface area contributed by atoms with Gasteiger partial charge in [0.15, 0.2) is 11.6 Å². The molecule has 0 aliphatic rings. The number of nitrogens with two attached hydrogens (primary N) is 1. The number of ether oxygens (including phenoxy) is 2. The van der Waals surface area contributed by atoms with Gasteiger partial charge in [-0.2, -0.15) is 5.26 Å². The van der Waals surface area contributed by atoms with Crippen LogP contribution in [0.25, 0.3) is 0 Å². The van der Waals surface area contributed by atoms with Crippen LogP contribution in [0.3, 0.4) is 0 Å². The molecule has 4 nitrogen and oxygen atoms in total. The van der Waals surface area contributed by atoms with E-state index in [0.29, 0.717) is 16.9 Å². The molecule has 0 bridgehead atoms. The highest BCUT2D eigenvalue weighted by Gasteiger charge is 2.13. The third kappa shape index (κ3) is 2.64. The van der Waals surface area contributed by atoms with Gasteiger partial charge < -0.3 is 15.2 Å². The molecule has 0 fully saturated rings. The lowest BCUT2D eigenvalue weighted by Gasteiger charge is -2.12. The summed E-state index contributed by atoms with van der Waals surface area (Å²) < 4.78 is 24.5. The van der Waals surface area contributed by atoms with E-state index < -0.39 is 5.82 Å². The van der Waals surface area contributed by atoms with Gasteiger partial charge in [-0.05, 0) is 30.7 Å². The van der Waals surface area contributed by atoms with E-state index in [1.165, 1.54) is 13.2 Å². The van der Waals surface area contributed by atoms with Crippen LogP contribution in [0.4, 0.5) is 10.1 Å². The lowest BCUT2D eigenvalue weighted by molar-refractivity contribution is 0.405. The van der Waals surface area contributed by atoms with Crippen molar-refractivity contribution in [2.75, 3.05) is 12.8 Å². The average molecular weight is 272 g/mol. The van der Waals surface area contributed by atoms with Crippen molar-refractivity contribution in [2.24, 2.45) is 0 Å². The molecule has 2 N–H and O–H groups in total. The molecule has 0 amide bonds. The van der Waals surface area contributed by atoms with E-state index in [4.69, 9.17) is 20.5 Å². The first-order valence-electron chi connectivity index (χ1n) is 5.86. The normalized spacial score (nSPS) is 9.90. The number of nitrogens with zero attached hydrogens (tertiary/aromatic N) is 1. The van der Waals surface area contributed by atoms with Gasteiger partial charge in [0.2, 0.25) is 0 Å². The van der Waals surface area contributed by atoms with E-state index in [1.807, 2.05) is 6.07 Å². The van der Waals surface area contributed by atoms with Crippen molar-refractivity contribution in [2.45, 2.75) is 6.92 Å². The molecule has 0 aliphatic carbocycles. The molecule has 2 rings (SSSR count). The maximum Gasteiger partial charge on any atom is 0.186 e. The second-order valence-corrected chi connectivity index (χ2v) is 4.23. The van der Waals surface area contributed by atoms with Gasteiger partial charge in [-0.15, -0.1) is 0 Å². The van der Waals surface area contributed by atoms with E-state index in [2.05, 4.69) is 0 Å². The third-order valence-corrected chi connectivity index (χ3v) is 2.79. The van der Waals surface area contributed by atoms with Crippen LogP contribution in [-0.4, -0.2) is 7.11 Å². The predicted molar refractivity (Wildman–Crippen MR) is 73.3 cm³/mol. The zero-order valence-electron chi connectivity index (χ0n) is 11.1. The molecular formula is C15H13FN2O2. The maximum atomic E-state index is 14.0. The summed E-state index contributed by atoms with van der Waals surface area (Å²) in [5, 5.41) is 8.94. The smallest absolute Gasteiger partial charge is 0.186 e. The fourth-order valence-corrected chi connectivity index (χ4v) is 1.70. The molecule has 0 atom stereocenters. The van der Waals surface area contributed by atoms with Gasteiger partial charge in [0, 0.05) is 6.07 Å². The molecule has 0 spiro atoms. The van der Waals surface area contributed by atoms with Gasteiger partial charge in [-0.3, -0.25) is 0 Å². The monoisotopic (exact) mass is 272 g/mol. The molecule has 2 aromatic rings. The second-order valence-electron chi connectivity index (χ2n) is 4.23. The molecule has 102 valence electrons. The Morgan fingerprint density at radius 1 is 1.20 bits per heavy atom. The van der Waals surface area contributed by atoms with Crippen LogP contribution in [0, 0.1) is 24.1 Å². The van der Waals surface area contributed by atoms with Crippen LogP contribution in [0.2, 0.25) is 0 Å². The molecule has 0 saturated carbocycles. The predicted octanol–water partition coefficient (Wildman–Crippen LogP) is 3.39. The first-order valence-corrected chi connectivity index (χ1v) is 5.86. The van der Waals surface area contributed by atoms with Gasteiger partial charge >= 0.3 is 0 Å². The topological polar surface area (TPSA) is 68.3 Å². The standard InChI is InChI=1S/C15H13FN2O2/c1-9-3-4-13(18)15(14(9)16)20-12-6-10(8-17)5-11(7-12)19-2/h3-7H,18H2,1-2H3. The van der Waals surface area contributed by atoms with E-state index >= 15 is 0 Å². The Morgan fingerprint density at radius 3 is 2.55 bits per heavy atom. The quantitative estimate of drug-likeness (QED) is 0.869. The summed E-state index contributed by atoms with van der Waals surface area (Å²) in [5.74, 6) is 0.163. The summed E-state index contributed by atoms with van der Waals surface area (Å²) >= 11 is 0. The minimum Gasteiger partial charge on any atom is -0.497 e. The van der Waals surface area contributed by atoms with Crippen LogP contribution < -0.4 is 15.2 Å². The number of halogens is 1. The fraction of sp³-hybridized carbons (Fsp3) is 0.133. The van der Waals surface area contributed by atoms with Crippen molar-refractivity contribution in [3.63, 3.8) is 0 Å². The number of hydrogen-bond donors (Lipinski definition) is 1. The second kappa shape index (κ2) is 5.49. The minimum absolute atomic E-state index is 0.0536. The molecule has 20 heavy (non-hydrogen) atoms. The number of anilines is 1. The number of benzene rings is 2. The molecule has 0 aromatic heterocycles. The van der Waals surface area contributed by atoms with Crippen molar-refractivity contribution < 1.29 is 13.9 Å². The van der Waals surface area contributed by atoms with Crippen LogP contribution in [0.1, 0.15) is 11.1 Å². The first-order chi connectivity index (χ1) is 9.55. The molecule has 0 radical (unpaired) electrons. The zero-order valence-corrected chi connectivity index (χ0v) is 11.1. The van der Waals surface area contributed by atoms with E-state index in [1.54, 1.807) is 31.2 Å². The number of nitrogen functional groups attached to an aromatic ring is 1. The highest BCUT2D eigenvalue weighted by atomic mass is 19.1. The molecule has 5 heteroatoms. The molecular weight excluding hydrogens is 259 g/mol. The Kier molecular flexibility index (Phi) is 3.76. The maximum absolute atomic E-state index is 14.0. The van der Waals surface area contributed by atoms with Crippen LogP contribution in [-0.2, 0) is 0 Å². The first kappa shape index (κ1) is 13.7. The minimum atomic E-state index is -0.522. The summed E-state index contributed by atoms with van der Waals surface area (Å²) in [6.45, 7) is 1.62. The van der Waals surface area contributed by atoms with E-state index in [0.717, 1.165) is 0 Å². The van der Waals surface area contributed by atoms with Crippen molar-refractivity contribution >= 4 is 5.69 Å². The molecule has 0 aliphatic heterocycles. The molecule has 0 saturated heterocycles. The Bertz CT molecular complexity index is 693. The zero-order chi connectivity index (χ0) is 14.7. The number of methoxy groups -OCH3 is 1. The van der Waals surface area contributed by atoms with E-state index in [-0.39, 0.29) is 17.2 Å². The van der Waals surface area contributed by atoms with Gasteiger partial charge in [-0.25, -0.2) is 4.39 Å². The Balaban J connectivity index is 2.45. The summed E-state index contributed by atoms with van der Waals surface area (Å²) in [6.07, 6.45) is 0. The van der Waals surface area contributed by atoms with Gasteiger partial charge in [-0.1, -0.05) is 6.07 Å². The Hall–Kier alpha value is -2.74. The van der Waals surface area contributed by atoms with Crippen molar-refractivity contribution in [1.82, 2.24) is 0 Å². The summed E-state index contributed by atoms with van der Waals surface area (Å²) in [6, 6.07) is 9.73. The number of rotatable bonds is 3. The van der Waals surface area contributed by atoms with Gasteiger partial charge in [0.25, 0.3) is 0 Å². The van der Waals surface area contributed by atoms with Crippen LogP contribution >= 0.6 is 0 Å². The van der Waals surface area contributed by atoms with Gasteiger partial charge in [0.1, 0.15) is 11.5 Å². The molecule has 0 heterocycles. The highest BCUT2D eigenvalue weighted by Crippen LogP contribution is 2.34. The lowest BCUT2D eigenvalue weighted by Crippen LogP contribution is -1.98. The fourth-order valence-electron chi connectivity index (χ4n) is 1.70. The summed E-state index contributed by atoms with van der Waals surface area (Å²) in [5.41, 5.74) is 6.69. The van der Waals surface area contributed by atoms with Crippen molar-refractivity contribution in [1.29, 1.82) is 5.26 Å². The SMILES string of the molecule is COc1cc(C#N)cc(Oc2c(N)ccc(C)c2F)c1. The molecule has 0 unspecified atom stereocenters. The van der Waals surface area contributed by atoms with E-state index in [9.17, 15) is 4.39 Å². The summed E-state index contributed by atoms with van der Waals surface area (Å²) in [4.78, 5) is 0. The lowest BCUT2D eigenvalue weighted by atomic mass is 10.2. The number of nitriles is 1. The van der Waals surface area contributed by atoms with Gasteiger partial charge in [0.05, 0.1) is 24.4 Å². The van der Waals surface area contributed by atoms with Crippen LogP contribution in [0.5, 0.6) is 17.2 Å². The number of hydrogen-bond acceptors (Lipinski definition) is 4. The third-order valence-electron chi connectivity index (χ3n) is 2.79. The van der Waals surface area contributed by atoms with Crippen molar-refractivity contribution in [3.8, 4) is 23.3 Å². The summed E-state index contributed by atoms with van der Waals surface area (Å²) in [7, 11) is 1.47. The Labute approximate surface area is 116 Å². The average Bonchev–Trinajstić information content (AvgIpc) is 2.47. The Morgan fingerprint density at radius 2 is 1.90 bits per heavy atom. The van der Waals surface area contributed by atoms with Crippen molar-refractivity contribution in [3.05, 3.63) is 47.3 Å².